The fourth-order valence-corrected chi connectivity index (χ4v) is 3.30. The second-order valence-corrected chi connectivity index (χ2v) is 7.81. The molecule has 7 heteroatoms. The molecule has 1 aromatic carbocycles. The van der Waals surface area contributed by atoms with Crippen LogP contribution in [0, 0.1) is 11.7 Å². The Hall–Kier alpha value is -2.18. The molecule has 2 heterocycles. The van der Waals surface area contributed by atoms with E-state index in [1.165, 1.54) is 6.07 Å². The van der Waals surface area contributed by atoms with Crippen molar-refractivity contribution in [3.05, 3.63) is 52.9 Å². The molecule has 0 saturated heterocycles. The summed E-state index contributed by atoms with van der Waals surface area (Å²) in [6.45, 7) is 7.33. The lowest BCUT2D eigenvalue weighted by molar-refractivity contribution is 0.104. The highest BCUT2D eigenvalue weighted by atomic mass is 35.5. The van der Waals surface area contributed by atoms with Gasteiger partial charge < -0.3 is 15.4 Å². The van der Waals surface area contributed by atoms with E-state index >= 15 is 0 Å². The van der Waals surface area contributed by atoms with Crippen LogP contribution in [-0.4, -0.2) is 30.6 Å². The summed E-state index contributed by atoms with van der Waals surface area (Å²) >= 11 is 5.98. The zero-order valence-corrected chi connectivity index (χ0v) is 16.5. The van der Waals surface area contributed by atoms with Gasteiger partial charge in [-0.05, 0) is 43.2 Å². The minimum atomic E-state index is -0.862. The number of rotatable bonds is 5. The lowest BCUT2D eigenvalue weighted by Gasteiger charge is -2.32. The molecule has 5 nitrogen and oxygen atoms in total. The minimum Gasteiger partial charge on any atom is -0.386 e. The third kappa shape index (κ3) is 4.39. The van der Waals surface area contributed by atoms with Crippen molar-refractivity contribution in [2.75, 3.05) is 24.7 Å². The molecule has 0 saturated carbocycles. The van der Waals surface area contributed by atoms with Gasteiger partial charge in [0.15, 0.2) is 0 Å². The molecule has 1 atom stereocenters. The molecule has 0 unspecified atom stereocenters. The zero-order chi connectivity index (χ0) is 19.6. The number of aromatic nitrogens is 1. The van der Waals surface area contributed by atoms with Crippen LogP contribution in [0.4, 0.5) is 15.9 Å². The predicted molar refractivity (Wildman–Crippen MR) is 107 cm³/mol. The smallest absolute Gasteiger partial charge is 0.133 e. The van der Waals surface area contributed by atoms with Crippen molar-refractivity contribution < 1.29 is 9.13 Å². The molecule has 3 rings (SSSR count). The third-order valence-corrected chi connectivity index (χ3v) is 4.62. The molecule has 144 valence electrons. The molecule has 0 amide bonds. The minimum absolute atomic E-state index is 0.269. The topological polar surface area (TPSA) is 63.7 Å². The van der Waals surface area contributed by atoms with E-state index in [2.05, 4.69) is 23.8 Å². The summed E-state index contributed by atoms with van der Waals surface area (Å²) in [5.74, 6) is 1.15. The maximum absolute atomic E-state index is 14.7. The summed E-state index contributed by atoms with van der Waals surface area (Å²) in [4.78, 5) is 10.9. The first-order valence-electron chi connectivity index (χ1n) is 8.89. The van der Waals surface area contributed by atoms with Crippen molar-refractivity contribution >= 4 is 28.9 Å². The van der Waals surface area contributed by atoms with Crippen LogP contribution in [0.25, 0.3) is 0 Å². The molecule has 0 fully saturated rings. The van der Waals surface area contributed by atoms with E-state index in [-0.39, 0.29) is 19.0 Å². The first-order chi connectivity index (χ1) is 12.8. The van der Waals surface area contributed by atoms with Crippen LogP contribution in [0.1, 0.15) is 26.3 Å². The van der Waals surface area contributed by atoms with Gasteiger partial charge in [-0.15, -0.1) is 0 Å². The van der Waals surface area contributed by atoms with Crippen LogP contribution in [0.2, 0.25) is 5.02 Å². The molecule has 0 radical (unpaired) electrons. The summed E-state index contributed by atoms with van der Waals surface area (Å²) < 4.78 is 20.2. The number of pyridine rings is 1. The van der Waals surface area contributed by atoms with Gasteiger partial charge in [-0.25, -0.2) is 9.37 Å². The Balaban J connectivity index is 2.06. The number of halogens is 2. The maximum Gasteiger partial charge on any atom is 0.133 e. The highest BCUT2D eigenvalue weighted by Gasteiger charge is 2.33. The van der Waals surface area contributed by atoms with Crippen molar-refractivity contribution in [3.8, 4) is 0 Å². The molecule has 2 aromatic rings. The highest BCUT2D eigenvalue weighted by molar-refractivity contribution is 6.30. The van der Waals surface area contributed by atoms with Crippen molar-refractivity contribution in [3.63, 3.8) is 0 Å². The van der Waals surface area contributed by atoms with Gasteiger partial charge in [0.1, 0.15) is 29.6 Å². The number of hydrogen-bond donors (Lipinski definition) is 1. The standard InChI is InChI=1S/C20H24ClFN4O/c1-13(2)10-26(19-7-4-14(21)9-24-19)15-5-6-17(22)16(8-15)20(3)12-27-11-18(23)25-20/h4-9,13H,10-12H2,1-3H3,(H2,23,25)/t20-/m0/s1. The molecule has 0 spiro atoms. The van der Waals surface area contributed by atoms with Gasteiger partial charge in [0.25, 0.3) is 0 Å². The molecular formula is C20H24ClFN4O. The Bertz CT molecular complexity index is 840. The first-order valence-corrected chi connectivity index (χ1v) is 9.27. The van der Waals surface area contributed by atoms with Crippen molar-refractivity contribution in [2.45, 2.75) is 26.3 Å². The number of ether oxygens (including phenoxy) is 1. The first kappa shape index (κ1) is 19.6. The van der Waals surface area contributed by atoms with E-state index < -0.39 is 5.54 Å². The van der Waals surface area contributed by atoms with Crippen molar-refractivity contribution in [1.82, 2.24) is 4.98 Å². The maximum atomic E-state index is 14.7. The summed E-state index contributed by atoms with van der Waals surface area (Å²) in [5.41, 5.74) is 6.25. The molecule has 1 aliphatic heterocycles. The fourth-order valence-electron chi connectivity index (χ4n) is 3.19. The Morgan fingerprint density at radius 3 is 2.74 bits per heavy atom. The Morgan fingerprint density at radius 1 is 1.33 bits per heavy atom. The van der Waals surface area contributed by atoms with Gasteiger partial charge in [-0.3, -0.25) is 4.99 Å². The van der Waals surface area contributed by atoms with E-state index in [9.17, 15) is 4.39 Å². The Kier molecular flexibility index (Phi) is 5.67. The average molecular weight is 391 g/mol. The summed E-state index contributed by atoms with van der Waals surface area (Å²) in [5, 5.41) is 0.569. The molecular weight excluding hydrogens is 367 g/mol. The number of aliphatic imine (C=N–C) groups is 1. The number of nitrogens with two attached hydrogens (primary N) is 1. The monoisotopic (exact) mass is 390 g/mol. The third-order valence-electron chi connectivity index (χ3n) is 4.40. The zero-order valence-electron chi connectivity index (χ0n) is 15.7. The second kappa shape index (κ2) is 7.82. The van der Waals surface area contributed by atoms with Gasteiger partial charge in [-0.2, -0.15) is 0 Å². The van der Waals surface area contributed by atoms with E-state index in [0.717, 1.165) is 18.1 Å². The highest BCUT2D eigenvalue weighted by Crippen LogP contribution is 2.35. The van der Waals surface area contributed by atoms with Crippen molar-refractivity contribution in [1.29, 1.82) is 0 Å². The van der Waals surface area contributed by atoms with E-state index in [1.807, 2.05) is 17.9 Å². The van der Waals surface area contributed by atoms with E-state index in [0.29, 0.717) is 22.3 Å². The predicted octanol–water partition coefficient (Wildman–Crippen LogP) is 4.27. The summed E-state index contributed by atoms with van der Waals surface area (Å²) in [7, 11) is 0. The average Bonchev–Trinajstić information content (AvgIpc) is 2.60. The number of anilines is 2. The Morgan fingerprint density at radius 2 is 2.11 bits per heavy atom. The number of benzene rings is 1. The van der Waals surface area contributed by atoms with Crippen LogP contribution < -0.4 is 10.6 Å². The second-order valence-electron chi connectivity index (χ2n) is 7.37. The van der Waals surface area contributed by atoms with Gasteiger partial charge in [0, 0.05) is 24.0 Å². The van der Waals surface area contributed by atoms with E-state index in [4.69, 9.17) is 22.1 Å². The molecule has 1 aliphatic rings. The number of amidine groups is 1. The normalized spacial score (nSPS) is 19.9. The quantitative estimate of drug-likeness (QED) is 0.828. The molecule has 2 N–H and O–H groups in total. The molecule has 0 aliphatic carbocycles. The van der Waals surface area contributed by atoms with Crippen LogP contribution in [0.3, 0.4) is 0 Å². The van der Waals surface area contributed by atoms with Crippen LogP contribution in [-0.2, 0) is 10.3 Å². The van der Waals surface area contributed by atoms with Crippen LogP contribution in [0.15, 0.2) is 41.5 Å². The van der Waals surface area contributed by atoms with Crippen LogP contribution in [0.5, 0.6) is 0 Å². The van der Waals surface area contributed by atoms with Gasteiger partial charge in [0.2, 0.25) is 0 Å². The summed E-state index contributed by atoms with van der Waals surface area (Å²) in [6.07, 6.45) is 1.61. The van der Waals surface area contributed by atoms with Gasteiger partial charge in [-0.1, -0.05) is 25.4 Å². The molecule has 1 aromatic heterocycles. The summed E-state index contributed by atoms with van der Waals surface area (Å²) in [6, 6.07) is 8.66. The SMILES string of the molecule is CC(C)CN(c1ccc(F)c([C@]2(C)COCC(N)=N2)c1)c1ccc(Cl)cn1. The van der Waals surface area contributed by atoms with E-state index in [1.54, 1.807) is 24.4 Å². The lowest BCUT2D eigenvalue weighted by Crippen LogP contribution is -2.38. The largest absolute Gasteiger partial charge is 0.386 e. The number of nitrogens with zero attached hydrogens (tertiary/aromatic N) is 3. The molecule has 0 bridgehead atoms. The lowest BCUT2D eigenvalue weighted by atomic mass is 9.91. The van der Waals surface area contributed by atoms with Gasteiger partial charge >= 0.3 is 0 Å². The van der Waals surface area contributed by atoms with Crippen LogP contribution >= 0.6 is 11.6 Å². The van der Waals surface area contributed by atoms with Gasteiger partial charge in [0.05, 0.1) is 11.6 Å². The fraction of sp³-hybridized carbons (Fsp3) is 0.400. The van der Waals surface area contributed by atoms with Crippen molar-refractivity contribution in [2.24, 2.45) is 16.6 Å². The molecule has 27 heavy (non-hydrogen) atoms. The number of hydrogen-bond acceptors (Lipinski definition) is 5. The Labute approximate surface area is 164 Å².